The molecule has 1 atom stereocenters. The average molecular weight is 366 g/mol. The number of halogens is 1. The Kier molecular flexibility index (Phi) is 5.97. The fourth-order valence-electron chi connectivity index (χ4n) is 1.93. The van der Waals surface area contributed by atoms with Gasteiger partial charge in [0.25, 0.3) is 0 Å². The molecule has 2 aromatic rings. The molecule has 0 radical (unpaired) electrons. The van der Waals surface area contributed by atoms with E-state index < -0.39 is 12.1 Å². The summed E-state index contributed by atoms with van der Waals surface area (Å²) in [6.07, 6.45) is -0.799. The van der Waals surface area contributed by atoms with Gasteiger partial charge in [-0.05, 0) is 37.6 Å². The minimum atomic E-state index is -0.799. The molecule has 134 valence electrons. The van der Waals surface area contributed by atoms with Gasteiger partial charge in [-0.15, -0.1) is 0 Å². The zero-order valence-electron chi connectivity index (χ0n) is 14.5. The van der Waals surface area contributed by atoms with Gasteiger partial charge in [-0.25, -0.2) is 4.79 Å². The number of carbonyl (C=O) groups is 1. The fraction of sp³-hybridized carbons (Fsp3) is 0.375. The number of aryl methyl sites for hydroxylation is 1. The molecule has 0 unspecified atom stereocenters. The SMILES string of the molecule is Cc1cc(Cl)ccc1O[C@H](C)C(=O)OCc1nc(N)nc(N(C)C)n1. The minimum Gasteiger partial charge on any atom is -0.479 e. The predicted molar refractivity (Wildman–Crippen MR) is 94.6 cm³/mol. The Morgan fingerprint density at radius 2 is 2.04 bits per heavy atom. The van der Waals surface area contributed by atoms with E-state index >= 15 is 0 Å². The van der Waals surface area contributed by atoms with Crippen LogP contribution in [-0.4, -0.2) is 41.1 Å². The second-order valence-corrected chi connectivity index (χ2v) is 6.02. The summed E-state index contributed by atoms with van der Waals surface area (Å²) in [5, 5.41) is 0.601. The van der Waals surface area contributed by atoms with Crippen LogP contribution in [0.3, 0.4) is 0 Å². The van der Waals surface area contributed by atoms with Gasteiger partial charge in [-0.3, -0.25) is 0 Å². The van der Waals surface area contributed by atoms with Crippen LogP contribution in [-0.2, 0) is 16.1 Å². The number of anilines is 2. The van der Waals surface area contributed by atoms with E-state index in [1.165, 1.54) is 0 Å². The van der Waals surface area contributed by atoms with Crippen molar-refractivity contribution in [3.8, 4) is 5.75 Å². The van der Waals surface area contributed by atoms with E-state index in [2.05, 4.69) is 15.0 Å². The van der Waals surface area contributed by atoms with Crippen LogP contribution in [0.25, 0.3) is 0 Å². The maximum atomic E-state index is 12.1. The Labute approximate surface area is 150 Å². The molecule has 0 fully saturated rings. The molecule has 25 heavy (non-hydrogen) atoms. The number of nitrogens with zero attached hydrogens (tertiary/aromatic N) is 4. The largest absolute Gasteiger partial charge is 0.479 e. The number of nitrogen functional groups attached to an aromatic ring is 1. The van der Waals surface area contributed by atoms with Crippen molar-refractivity contribution in [2.45, 2.75) is 26.6 Å². The molecule has 0 saturated heterocycles. The van der Waals surface area contributed by atoms with Crippen LogP contribution in [0.5, 0.6) is 5.75 Å². The Bertz CT molecular complexity index is 769. The third-order valence-corrected chi connectivity index (χ3v) is 3.44. The van der Waals surface area contributed by atoms with E-state index in [0.29, 0.717) is 16.7 Å². The molecule has 0 saturated carbocycles. The first-order valence-corrected chi connectivity index (χ1v) is 7.91. The molecule has 1 heterocycles. The highest BCUT2D eigenvalue weighted by Crippen LogP contribution is 2.23. The van der Waals surface area contributed by atoms with Crippen LogP contribution in [0.15, 0.2) is 18.2 Å². The van der Waals surface area contributed by atoms with Gasteiger partial charge in [0.2, 0.25) is 11.9 Å². The Hall–Kier alpha value is -2.61. The summed E-state index contributed by atoms with van der Waals surface area (Å²) in [5.41, 5.74) is 6.46. The Morgan fingerprint density at radius 3 is 2.68 bits per heavy atom. The second-order valence-electron chi connectivity index (χ2n) is 5.58. The monoisotopic (exact) mass is 365 g/mol. The van der Waals surface area contributed by atoms with Gasteiger partial charge in [-0.2, -0.15) is 15.0 Å². The average Bonchev–Trinajstić information content (AvgIpc) is 2.54. The number of rotatable bonds is 6. The first-order valence-electron chi connectivity index (χ1n) is 7.53. The quantitative estimate of drug-likeness (QED) is 0.775. The summed E-state index contributed by atoms with van der Waals surface area (Å²) in [7, 11) is 3.55. The number of ether oxygens (including phenoxy) is 2. The van der Waals surface area contributed by atoms with Crippen LogP contribution < -0.4 is 15.4 Å². The number of benzene rings is 1. The summed E-state index contributed by atoms with van der Waals surface area (Å²) >= 11 is 5.90. The number of aromatic nitrogens is 3. The highest BCUT2D eigenvalue weighted by molar-refractivity contribution is 6.30. The van der Waals surface area contributed by atoms with Crippen molar-refractivity contribution in [2.75, 3.05) is 24.7 Å². The van der Waals surface area contributed by atoms with Crippen LogP contribution >= 0.6 is 11.6 Å². The normalized spacial score (nSPS) is 11.7. The van der Waals surface area contributed by atoms with Crippen molar-refractivity contribution in [1.82, 2.24) is 15.0 Å². The van der Waals surface area contributed by atoms with E-state index in [9.17, 15) is 4.79 Å². The van der Waals surface area contributed by atoms with Crippen molar-refractivity contribution in [2.24, 2.45) is 0 Å². The van der Waals surface area contributed by atoms with Gasteiger partial charge in [-0.1, -0.05) is 11.6 Å². The maximum absolute atomic E-state index is 12.1. The van der Waals surface area contributed by atoms with Gasteiger partial charge in [0.1, 0.15) is 5.75 Å². The van der Waals surface area contributed by atoms with Crippen molar-refractivity contribution in [1.29, 1.82) is 0 Å². The molecule has 8 nitrogen and oxygen atoms in total. The lowest BCUT2D eigenvalue weighted by Gasteiger charge is -2.16. The number of carbonyl (C=O) groups excluding carboxylic acids is 1. The summed E-state index contributed by atoms with van der Waals surface area (Å²) in [6.45, 7) is 3.32. The molecule has 0 amide bonds. The molecule has 2 rings (SSSR count). The number of hydrogen-bond acceptors (Lipinski definition) is 8. The molecule has 1 aromatic carbocycles. The molecule has 0 aliphatic heterocycles. The molecule has 0 spiro atoms. The molecule has 0 bridgehead atoms. The topological polar surface area (TPSA) is 103 Å². The highest BCUT2D eigenvalue weighted by atomic mass is 35.5. The zero-order chi connectivity index (χ0) is 18.6. The lowest BCUT2D eigenvalue weighted by Crippen LogP contribution is -2.26. The standard InChI is InChI=1S/C16H20ClN5O3/c1-9-7-11(17)5-6-12(9)25-10(2)14(23)24-8-13-19-15(18)21-16(20-13)22(3)4/h5-7,10H,8H2,1-4H3,(H2,18,19,20,21)/t10-/m1/s1. The van der Waals surface area contributed by atoms with Gasteiger partial charge < -0.3 is 20.1 Å². The molecule has 0 aliphatic carbocycles. The number of esters is 1. The first-order chi connectivity index (χ1) is 11.8. The van der Waals surface area contributed by atoms with Crippen molar-refractivity contribution in [3.05, 3.63) is 34.6 Å². The van der Waals surface area contributed by atoms with Crippen LogP contribution in [0.1, 0.15) is 18.3 Å². The van der Waals surface area contributed by atoms with Crippen molar-refractivity contribution < 1.29 is 14.3 Å². The molecule has 2 N–H and O–H groups in total. The third-order valence-electron chi connectivity index (χ3n) is 3.20. The third kappa shape index (κ3) is 5.18. The summed E-state index contributed by atoms with van der Waals surface area (Å²) in [4.78, 5) is 25.9. The Balaban J connectivity index is 1.97. The minimum absolute atomic E-state index is 0.0610. The predicted octanol–water partition coefficient (Wildman–Crippen LogP) is 1.99. The van der Waals surface area contributed by atoms with E-state index in [-0.39, 0.29) is 18.4 Å². The number of nitrogens with two attached hydrogens (primary N) is 1. The van der Waals surface area contributed by atoms with Crippen molar-refractivity contribution in [3.63, 3.8) is 0 Å². The van der Waals surface area contributed by atoms with Crippen LogP contribution in [0.4, 0.5) is 11.9 Å². The van der Waals surface area contributed by atoms with E-state index in [1.54, 1.807) is 44.1 Å². The highest BCUT2D eigenvalue weighted by Gasteiger charge is 2.18. The fourth-order valence-corrected chi connectivity index (χ4v) is 2.15. The zero-order valence-corrected chi connectivity index (χ0v) is 15.2. The van der Waals surface area contributed by atoms with Crippen LogP contribution in [0, 0.1) is 6.92 Å². The van der Waals surface area contributed by atoms with Crippen LogP contribution in [0.2, 0.25) is 5.02 Å². The lowest BCUT2D eigenvalue weighted by molar-refractivity contribution is -0.152. The molecular weight excluding hydrogens is 346 g/mol. The van der Waals surface area contributed by atoms with Crippen molar-refractivity contribution >= 4 is 29.5 Å². The van der Waals surface area contributed by atoms with E-state index in [1.807, 2.05) is 6.92 Å². The smallest absolute Gasteiger partial charge is 0.347 e. The molecule has 9 heteroatoms. The second kappa shape index (κ2) is 7.98. The van der Waals surface area contributed by atoms with E-state index in [4.69, 9.17) is 26.8 Å². The van der Waals surface area contributed by atoms with Gasteiger partial charge in [0.05, 0.1) is 0 Å². The molecular formula is C16H20ClN5O3. The first kappa shape index (κ1) is 18.7. The van der Waals surface area contributed by atoms with Gasteiger partial charge in [0, 0.05) is 19.1 Å². The Morgan fingerprint density at radius 1 is 1.32 bits per heavy atom. The van der Waals surface area contributed by atoms with Gasteiger partial charge >= 0.3 is 5.97 Å². The molecule has 0 aliphatic rings. The summed E-state index contributed by atoms with van der Waals surface area (Å²) in [5.74, 6) is 0.734. The summed E-state index contributed by atoms with van der Waals surface area (Å²) < 4.78 is 10.8. The number of hydrogen-bond donors (Lipinski definition) is 1. The summed E-state index contributed by atoms with van der Waals surface area (Å²) in [6, 6.07) is 5.15. The molecule has 1 aromatic heterocycles. The maximum Gasteiger partial charge on any atom is 0.347 e. The lowest BCUT2D eigenvalue weighted by atomic mass is 10.2. The van der Waals surface area contributed by atoms with E-state index in [0.717, 1.165) is 5.56 Å². The van der Waals surface area contributed by atoms with Gasteiger partial charge in [0.15, 0.2) is 18.5 Å².